The second-order valence-corrected chi connectivity index (χ2v) is 6.33. The van der Waals surface area contributed by atoms with Crippen molar-refractivity contribution < 1.29 is 14.3 Å². The van der Waals surface area contributed by atoms with E-state index in [4.69, 9.17) is 4.74 Å². The molecule has 0 aromatic heterocycles. The Balaban J connectivity index is 1.65. The minimum atomic E-state index is -0.379. The number of nitrogens with one attached hydrogen (secondary N) is 2. The molecule has 6 heteroatoms. The quantitative estimate of drug-likeness (QED) is 0.495. The third kappa shape index (κ3) is 5.29. The van der Waals surface area contributed by atoms with Gasteiger partial charge in [0.05, 0.1) is 13.3 Å². The molecule has 3 aromatic rings. The van der Waals surface area contributed by atoms with Crippen molar-refractivity contribution >= 4 is 23.7 Å². The van der Waals surface area contributed by atoms with Gasteiger partial charge in [0.25, 0.3) is 11.8 Å². The number of amides is 2. The van der Waals surface area contributed by atoms with Gasteiger partial charge in [0.1, 0.15) is 5.75 Å². The van der Waals surface area contributed by atoms with Gasteiger partial charge in [0.2, 0.25) is 0 Å². The minimum absolute atomic E-state index is 0.225. The molecule has 0 spiro atoms. The lowest BCUT2D eigenvalue weighted by atomic mass is 10.1. The van der Waals surface area contributed by atoms with E-state index in [0.29, 0.717) is 22.6 Å². The number of ether oxygens (including phenoxy) is 1. The number of rotatable bonds is 6. The first-order valence-electron chi connectivity index (χ1n) is 9.01. The van der Waals surface area contributed by atoms with Crippen LogP contribution in [0.3, 0.4) is 0 Å². The van der Waals surface area contributed by atoms with Crippen molar-refractivity contribution in [2.24, 2.45) is 5.10 Å². The molecule has 3 rings (SSSR count). The Morgan fingerprint density at radius 3 is 2.52 bits per heavy atom. The second-order valence-electron chi connectivity index (χ2n) is 6.33. The highest BCUT2D eigenvalue weighted by Gasteiger charge is 2.10. The number of methoxy groups -OCH3 is 1. The van der Waals surface area contributed by atoms with Crippen LogP contribution >= 0.6 is 0 Å². The van der Waals surface area contributed by atoms with Crippen LogP contribution in [0.5, 0.6) is 5.75 Å². The molecular weight excluding hydrogens is 366 g/mol. The highest BCUT2D eigenvalue weighted by molar-refractivity contribution is 6.06. The summed E-state index contributed by atoms with van der Waals surface area (Å²) >= 11 is 0. The molecule has 2 N–H and O–H groups in total. The van der Waals surface area contributed by atoms with Crippen LogP contribution in [0.1, 0.15) is 31.8 Å². The van der Waals surface area contributed by atoms with Crippen molar-refractivity contribution in [1.29, 1.82) is 0 Å². The van der Waals surface area contributed by atoms with Crippen LogP contribution in [-0.2, 0) is 0 Å². The van der Waals surface area contributed by atoms with Gasteiger partial charge in [-0.15, -0.1) is 0 Å². The molecule has 3 aromatic carbocycles. The van der Waals surface area contributed by atoms with E-state index in [1.807, 2.05) is 43.3 Å². The highest BCUT2D eigenvalue weighted by Crippen LogP contribution is 2.14. The number of benzene rings is 3. The zero-order valence-corrected chi connectivity index (χ0v) is 16.2. The van der Waals surface area contributed by atoms with E-state index >= 15 is 0 Å². The van der Waals surface area contributed by atoms with Gasteiger partial charge in [0, 0.05) is 16.8 Å². The van der Waals surface area contributed by atoms with E-state index in [9.17, 15) is 9.59 Å². The molecule has 0 aliphatic rings. The normalized spacial score (nSPS) is 10.6. The zero-order valence-electron chi connectivity index (χ0n) is 16.2. The summed E-state index contributed by atoms with van der Waals surface area (Å²) in [7, 11) is 1.59. The van der Waals surface area contributed by atoms with Crippen molar-refractivity contribution in [2.75, 3.05) is 12.4 Å². The van der Waals surface area contributed by atoms with Crippen molar-refractivity contribution in [3.63, 3.8) is 0 Å². The van der Waals surface area contributed by atoms with E-state index in [1.54, 1.807) is 43.5 Å². The van der Waals surface area contributed by atoms with Gasteiger partial charge in [-0.25, -0.2) is 5.43 Å². The molecule has 0 bridgehead atoms. The monoisotopic (exact) mass is 387 g/mol. The second kappa shape index (κ2) is 9.32. The van der Waals surface area contributed by atoms with Crippen LogP contribution < -0.4 is 15.5 Å². The minimum Gasteiger partial charge on any atom is -0.497 e. The van der Waals surface area contributed by atoms with E-state index in [-0.39, 0.29) is 11.8 Å². The summed E-state index contributed by atoms with van der Waals surface area (Å²) in [6, 6.07) is 21.3. The van der Waals surface area contributed by atoms with Crippen LogP contribution in [0.4, 0.5) is 5.69 Å². The van der Waals surface area contributed by atoms with Gasteiger partial charge in [0.15, 0.2) is 0 Å². The standard InChI is InChI=1S/C23H21N3O3/c1-16-7-3-4-12-21(16)23(28)25-19-10-6-9-18(14-19)22(27)26-24-15-17-8-5-11-20(13-17)29-2/h3-15H,1-2H3,(H,25,28)(H,26,27)/b24-15-. The number of hydrazone groups is 1. The molecule has 0 atom stereocenters. The van der Waals surface area contributed by atoms with Gasteiger partial charge in [-0.3, -0.25) is 9.59 Å². The van der Waals surface area contributed by atoms with Gasteiger partial charge >= 0.3 is 0 Å². The number of anilines is 1. The molecule has 0 saturated heterocycles. The summed E-state index contributed by atoms with van der Waals surface area (Å²) < 4.78 is 5.15. The molecule has 0 aliphatic carbocycles. The molecule has 0 radical (unpaired) electrons. The van der Waals surface area contributed by atoms with Crippen LogP contribution in [0, 0.1) is 6.92 Å². The maximum Gasteiger partial charge on any atom is 0.271 e. The predicted molar refractivity (Wildman–Crippen MR) is 114 cm³/mol. The van der Waals surface area contributed by atoms with Gasteiger partial charge in [-0.1, -0.05) is 36.4 Å². The van der Waals surface area contributed by atoms with E-state index in [2.05, 4.69) is 15.8 Å². The van der Waals surface area contributed by atoms with Crippen LogP contribution in [0.25, 0.3) is 0 Å². The van der Waals surface area contributed by atoms with Crippen LogP contribution in [0.15, 0.2) is 77.9 Å². The molecule has 29 heavy (non-hydrogen) atoms. The molecule has 0 aliphatic heterocycles. The molecule has 0 fully saturated rings. The van der Waals surface area contributed by atoms with E-state index in [1.165, 1.54) is 6.21 Å². The number of carbonyl (C=O) groups excluding carboxylic acids is 2. The van der Waals surface area contributed by atoms with Gasteiger partial charge < -0.3 is 10.1 Å². The Morgan fingerprint density at radius 1 is 0.931 bits per heavy atom. The number of nitrogens with zero attached hydrogens (tertiary/aromatic N) is 1. The van der Waals surface area contributed by atoms with Crippen molar-refractivity contribution in [3.8, 4) is 5.75 Å². The first-order chi connectivity index (χ1) is 14.1. The SMILES string of the molecule is COc1cccc(/C=N\NC(=O)c2cccc(NC(=O)c3ccccc3C)c2)c1. The van der Waals surface area contributed by atoms with Crippen LogP contribution in [-0.4, -0.2) is 25.1 Å². The van der Waals surface area contributed by atoms with E-state index in [0.717, 1.165) is 11.1 Å². The average Bonchev–Trinajstić information content (AvgIpc) is 2.74. The predicted octanol–water partition coefficient (Wildman–Crippen LogP) is 4.02. The number of carbonyl (C=O) groups is 2. The maximum absolute atomic E-state index is 12.5. The molecule has 146 valence electrons. The fourth-order valence-electron chi connectivity index (χ4n) is 2.72. The van der Waals surface area contributed by atoms with E-state index < -0.39 is 0 Å². The summed E-state index contributed by atoms with van der Waals surface area (Å²) in [5.41, 5.74) is 5.66. The Morgan fingerprint density at radius 2 is 1.72 bits per heavy atom. The number of hydrogen-bond acceptors (Lipinski definition) is 4. The van der Waals surface area contributed by atoms with Crippen molar-refractivity contribution in [2.45, 2.75) is 6.92 Å². The lowest BCUT2D eigenvalue weighted by Crippen LogP contribution is -2.18. The largest absolute Gasteiger partial charge is 0.497 e. The Bertz CT molecular complexity index is 1060. The summed E-state index contributed by atoms with van der Waals surface area (Å²) in [6.45, 7) is 1.87. The lowest BCUT2D eigenvalue weighted by molar-refractivity contribution is 0.0953. The third-order valence-corrected chi connectivity index (χ3v) is 4.25. The maximum atomic E-state index is 12.5. The molecule has 0 heterocycles. The topological polar surface area (TPSA) is 79.8 Å². The summed E-state index contributed by atoms with van der Waals surface area (Å²) in [4.78, 5) is 24.8. The molecule has 0 unspecified atom stereocenters. The third-order valence-electron chi connectivity index (χ3n) is 4.25. The fraction of sp³-hybridized carbons (Fsp3) is 0.0870. The van der Waals surface area contributed by atoms with Gasteiger partial charge in [-0.2, -0.15) is 5.10 Å². The molecule has 2 amide bonds. The Hall–Kier alpha value is -3.93. The molecule has 6 nitrogen and oxygen atoms in total. The highest BCUT2D eigenvalue weighted by atomic mass is 16.5. The number of aryl methyl sites for hydroxylation is 1. The Labute approximate surface area is 169 Å². The summed E-state index contributed by atoms with van der Waals surface area (Å²) in [6.07, 6.45) is 1.53. The summed E-state index contributed by atoms with van der Waals surface area (Å²) in [5, 5.41) is 6.79. The first kappa shape index (κ1) is 19.8. The molecule has 0 saturated carbocycles. The fourth-order valence-corrected chi connectivity index (χ4v) is 2.72. The Kier molecular flexibility index (Phi) is 6.37. The first-order valence-corrected chi connectivity index (χ1v) is 9.01. The van der Waals surface area contributed by atoms with Crippen molar-refractivity contribution in [3.05, 3.63) is 95.1 Å². The summed E-state index contributed by atoms with van der Waals surface area (Å²) in [5.74, 6) is 0.102. The number of hydrogen-bond donors (Lipinski definition) is 2. The lowest BCUT2D eigenvalue weighted by Gasteiger charge is -2.08. The zero-order chi connectivity index (χ0) is 20.6. The smallest absolute Gasteiger partial charge is 0.271 e. The molecular formula is C23H21N3O3. The van der Waals surface area contributed by atoms with Gasteiger partial charge in [-0.05, 0) is 54.4 Å². The average molecular weight is 387 g/mol. The van der Waals surface area contributed by atoms with Crippen molar-refractivity contribution in [1.82, 2.24) is 5.43 Å². The van der Waals surface area contributed by atoms with Crippen LogP contribution in [0.2, 0.25) is 0 Å².